The highest BCUT2D eigenvalue weighted by atomic mass is 16.5. The molecule has 0 saturated carbocycles. The lowest BCUT2D eigenvalue weighted by Crippen LogP contribution is -2.48. The van der Waals surface area contributed by atoms with Crippen LogP contribution in [0.15, 0.2) is 0 Å². The van der Waals surface area contributed by atoms with Gasteiger partial charge in [0.05, 0.1) is 19.7 Å². The van der Waals surface area contributed by atoms with Gasteiger partial charge in [-0.2, -0.15) is 0 Å². The number of amides is 3. The van der Waals surface area contributed by atoms with Crippen LogP contribution in [0.4, 0.5) is 4.79 Å². The van der Waals surface area contributed by atoms with E-state index in [1.54, 1.807) is 14.0 Å². The number of nitrogens with zero attached hydrogens (tertiary/aromatic N) is 1. The van der Waals surface area contributed by atoms with E-state index in [0.717, 1.165) is 0 Å². The van der Waals surface area contributed by atoms with E-state index in [-0.39, 0.29) is 6.54 Å². The Bertz CT molecular complexity index is 267. The van der Waals surface area contributed by atoms with E-state index >= 15 is 0 Å². The predicted molar refractivity (Wildman–Crippen MR) is 51.8 cm³/mol. The molecule has 0 bridgehead atoms. The number of ether oxygens (including phenoxy) is 1. The first-order chi connectivity index (χ1) is 6.88. The average Bonchev–Trinajstić information content (AvgIpc) is 2.15. The molecule has 0 radical (unpaired) electrons. The molecule has 0 fully saturated rings. The summed E-state index contributed by atoms with van der Waals surface area (Å²) in [6, 6.07) is -1.56. The molecular formula is C8H15N3O4. The second-order valence-corrected chi connectivity index (χ2v) is 3.02. The molecule has 7 nitrogen and oxygen atoms in total. The summed E-state index contributed by atoms with van der Waals surface area (Å²) in [4.78, 5) is 34.0. The molecule has 0 aliphatic rings. The van der Waals surface area contributed by atoms with Crippen LogP contribution in [0.3, 0.4) is 0 Å². The Balaban J connectivity index is 4.18. The molecule has 3 amide bonds. The quantitative estimate of drug-likeness (QED) is 0.568. The molecule has 0 aliphatic carbocycles. The number of carbonyl (C=O) groups excluding carboxylic acids is 3. The fourth-order valence-electron chi connectivity index (χ4n) is 0.831. The Kier molecular flexibility index (Phi) is 5.32. The van der Waals surface area contributed by atoms with Gasteiger partial charge >= 0.3 is 12.0 Å². The minimum atomic E-state index is -0.918. The lowest BCUT2D eigenvalue weighted by Gasteiger charge is -2.21. The number of carbonyl (C=O) groups is 3. The summed E-state index contributed by atoms with van der Waals surface area (Å²) in [5.74, 6) is -1.02. The van der Waals surface area contributed by atoms with Crippen molar-refractivity contribution in [2.24, 2.45) is 5.73 Å². The lowest BCUT2D eigenvalue weighted by molar-refractivity contribution is -0.142. The molecule has 86 valence electrons. The first kappa shape index (κ1) is 13.4. The van der Waals surface area contributed by atoms with Gasteiger partial charge in [-0.3, -0.25) is 19.8 Å². The van der Waals surface area contributed by atoms with Crippen LogP contribution >= 0.6 is 0 Å². The smallest absolute Gasteiger partial charge is 0.319 e. The third-order valence-corrected chi connectivity index (χ3v) is 1.89. The van der Waals surface area contributed by atoms with Crippen LogP contribution in [-0.4, -0.2) is 49.6 Å². The molecule has 1 atom stereocenters. The number of hydrogen-bond acceptors (Lipinski definition) is 5. The molecule has 0 heterocycles. The molecule has 1 unspecified atom stereocenters. The van der Waals surface area contributed by atoms with Crippen LogP contribution in [-0.2, 0) is 14.3 Å². The van der Waals surface area contributed by atoms with Crippen molar-refractivity contribution in [3.05, 3.63) is 0 Å². The second kappa shape index (κ2) is 5.97. The maximum Gasteiger partial charge on any atom is 0.319 e. The molecule has 3 N–H and O–H groups in total. The van der Waals surface area contributed by atoms with Crippen LogP contribution in [0.2, 0.25) is 0 Å². The maximum atomic E-state index is 11.3. The molecule has 0 aromatic carbocycles. The zero-order valence-electron chi connectivity index (χ0n) is 8.94. The number of nitrogens with one attached hydrogen (secondary N) is 1. The van der Waals surface area contributed by atoms with Crippen molar-refractivity contribution in [1.82, 2.24) is 10.2 Å². The molecule has 0 spiro atoms. The normalized spacial score (nSPS) is 12.0. The molecular weight excluding hydrogens is 202 g/mol. The summed E-state index contributed by atoms with van der Waals surface area (Å²) in [5, 5.41) is 1.92. The number of esters is 1. The highest BCUT2D eigenvalue weighted by molar-refractivity contribution is 5.96. The number of likely N-dealkylation sites (N-methyl/N-ethyl adjacent to an activating group) is 1. The number of urea groups is 1. The number of hydrogen-bond donors (Lipinski definition) is 2. The SMILES string of the molecule is COC(=O)CN(C)C(C)C(=O)NC(N)=O. The largest absolute Gasteiger partial charge is 0.468 e. The first-order valence-corrected chi connectivity index (χ1v) is 4.25. The van der Waals surface area contributed by atoms with Gasteiger partial charge in [-0.25, -0.2) is 4.79 Å². The Morgan fingerprint density at radius 3 is 2.40 bits per heavy atom. The highest BCUT2D eigenvalue weighted by Gasteiger charge is 2.20. The number of nitrogens with two attached hydrogens (primary N) is 1. The summed E-state index contributed by atoms with van der Waals surface area (Å²) in [6.45, 7) is 1.51. The summed E-state index contributed by atoms with van der Waals surface area (Å²) in [7, 11) is 2.81. The molecule has 15 heavy (non-hydrogen) atoms. The van der Waals surface area contributed by atoms with E-state index in [1.807, 2.05) is 5.32 Å². The van der Waals surface area contributed by atoms with Crippen LogP contribution in [0.1, 0.15) is 6.92 Å². The number of primary amides is 1. The Morgan fingerprint density at radius 2 is 2.00 bits per heavy atom. The zero-order chi connectivity index (χ0) is 12.0. The topological polar surface area (TPSA) is 102 Å². The molecule has 0 saturated heterocycles. The van der Waals surface area contributed by atoms with Crippen molar-refractivity contribution in [1.29, 1.82) is 0 Å². The van der Waals surface area contributed by atoms with Crippen molar-refractivity contribution in [2.45, 2.75) is 13.0 Å². The molecule has 0 aromatic heterocycles. The van der Waals surface area contributed by atoms with Gasteiger partial charge in [-0.05, 0) is 14.0 Å². The van der Waals surface area contributed by atoms with Gasteiger partial charge in [0, 0.05) is 0 Å². The van der Waals surface area contributed by atoms with E-state index in [4.69, 9.17) is 5.73 Å². The number of imide groups is 1. The second-order valence-electron chi connectivity index (χ2n) is 3.02. The molecule has 0 aliphatic heterocycles. The van der Waals surface area contributed by atoms with Crippen molar-refractivity contribution in [3.63, 3.8) is 0 Å². The predicted octanol–water partition coefficient (Wildman–Crippen LogP) is -1.33. The number of rotatable bonds is 4. The van der Waals surface area contributed by atoms with Crippen molar-refractivity contribution in [3.8, 4) is 0 Å². The van der Waals surface area contributed by atoms with Gasteiger partial charge in [0.15, 0.2) is 0 Å². The summed E-state index contributed by atoms with van der Waals surface area (Å²) < 4.78 is 4.43. The van der Waals surface area contributed by atoms with Crippen LogP contribution in [0.25, 0.3) is 0 Å². The standard InChI is InChI=1S/C8H15N3O4/c1-5(7(13)10-8(9)14)11(2)4-6(12)15-3/h5H,4H2,1-3H3,(H3,9,10,13,14). The van der Waals surface area contributed by atoms with E-state index in [0.29, 0.717) is 0 Å². The summed E-state index contributed by atoms with van der Waals surface area (Å²) in [6.07, 6.45) is 0. The number of methoxy groups -OCH3 is 1. The third-order valence-electron chi connectivity index (χ3n) is 1.89. The Labute approximate surface area is 87.5 Å². The van der Waals surface area contributed by atoms with E-state index < -0.39 is 23.9 Å². The lowest BCUT2D eigenvalue weighted by atomic mass is 10.3. The fraction of sp³-hybridized carbons (Fsp3) is 0.625. The van der Waals surface area contributed by atoms with Gasteiger partial charge in [-0.15, -0.1) is 0 Å². The molecule has 0 aromatic rings. The maximum absolute atomic E-state index is 11.3. The minimum absolute atomic E-state index is 0.0378. The van der Waals surface area contributed by atoms with Gasteiger partial charge in [-0.1, -0.05) is 0 Å². The van der Waals surface area contributed by atoms with Crippen molar-refractivity contribution < 1.29 is 19.1 Å². The Morgan fingerprint density at radius 1 is 1.47 bits per heavy atom. The molecule has 7 heteroatoms. The summed E-state index contributed by atoms with van der Waals surface area (Å²) in [5.41, 5.74) is 4.78. The molecule has 0 rings (SSSR count). The monoisotopic (exact) mass is 217 g/mol. The van der Waals surface area contributed by atoms with Crippen LogP contribution in [0.5, 0.6) is 0 Å². The third kappa shape index (κ3) is 4.96. The Hall–Kier alpha value is -1.63. The zero-order valence-corrected chi connectivity index (χ0v) is 8.94. The van der Waals surface area contributed by atoms with Gasteiger partial charge in [0.25, 0.3) is 0 Å². The highest BCUT2D eigenvalue weighted by Crippen LogP contribution is 1.95. The van der Waals surface area contributed by atoms with E-state index in [9.17, 15) is 14.4 Å². The fourth-order valence-corrected chi connectivity index (χ4v) is 0.831. The van der Waals surface area contributed by atoms with Crippen molar-refractivity contribution in [2.75, 3.05) is 20.7 Å². The summed E-state index contributed by atoms with van der Waals surface area (Å²) >= 11 is 0. The minimum Gasteiger partial charge on any atom is -0.468 e. The average molecular weight is 217 g/mol. The first-order valence-electron chi connectivity index (χ1n) is 4.25. The van der Waals surface area contributed by atoms with E-state index in [2.05, 4.69) is 4.74 Å². The van der Waals surface area contributed by atoms with Crippen molar-refractivity contribution >= 4 is 17.9 Å². The van der Waals surface area contributed by atoms with E-state index in [1.165, 1.54) is 12.0 Å². The van der Waals surface area contributed by atoms with Gasteiger partial charge < -0.3 is 10.5 Å². The van der Waals surface area contributed by atoms with Crippen LogP contribution in [0, 0.1) is 0 Å². The van der Waals surface area contributed by atoms with Crippen LogP contribution < -0.4 is 11.1 Å². The van der Waals surface area contributed by atoms with Gasteiger partial charge in [0.2, 0.25) is 5.91 Å². The van der Waals surface area contributed by atoms with Gasteiger partial charge in [0.1, 0.15) is 0 Å².